The molecule has 1 saturated heterocycles. The van der Waals surface area contributed by atoms with Gasteiger partial charge >= 0.3 is 6.03 Å². The van der Waals surface area contributed by atoms with Gasteiger partial charge in [-0.3, -0.25) is 4.57 Å². The number of anilines is 1. The zero-order chi connectivity index (χ0) is 19.3. The smallest absolute Gasteiger partial charge is 0.317 e. The van der Waals surface area contributed by atoms with E-state index in [0.29, 0.717) is 19.6 Å². The summed E-state index contributed by atoms with van der Waals surface area (Å²) in [6, 6.07) is 10.2. The molecule has 0 radical (unpaired) electrons. The van der Waals surface area contributed by atoms with E-state index in [0.717, 1.165) is 30.2 Å². The van der Waals surface area contributed by atoms with Crippen LogP contribution in [0.1, 0.15) is 5.56 Å². The summed E-state index contributed by atoms with van der Waals surface area (Å²) in [5.41, 5.74) is 1.91. The fourth-order valence-corrected chi connectivity index (χ4v) is 3.18. The highest BCUT2D eigenvalue weighted by Crippen LogP contribution is 2.17. The van der Waals surface area contributed by atoms with Crippen molar-refractivity contribution in [1.29, 1.82) is 0 Å². The highest BCUT2D eigenvalue weighted by molar-refractivity contribution is 5.74. The van der Waals surface area contributed by atoms with Crippen molar-refractivity contribution in [2.45, 2.75) is 6.54 Å². The molecule has 0 saturated carbocycles. The van der Waals surface area contributed by atoms with Gasteiger partial charge in [0.05, 0.1) is 0 Å². The largest absolute Gasteiger partial charge is 0.368 e. The Morgan fingerprint density at radius 2 is 1.86 bits per heavy atom. The number of benzene rings is 1. The van der Waals surface area contributed by atoms with Gasteiger partial charge in [0.25, 0.3) is 0 Å². The van der Waals surface area contributed by atoms with Gasteiger partial charge in [-0.2, -0.15) is 0 Å². The highest BCUT2D eigenvalue weighted by atomic mass is 19.1. The Labute approximate surface area is 162 Å². The Kier molecular flexibility index (Phi) is 5.18. The van der Waals surface area contributed by atoms with Gasteiger partial charge in [0.1, 0.15) is 18.0 Å². The van der Waals surface area contributed by atoms with Crippen molar-refractivity contribution in [3.8, 4) is 5.82 Å². The first-order valence-corrected chi connectivity index (χ1v) is 9.15. The molecule has 0 spiro atoms. The van der Waals surface area contributed by atoms with Crippen molar-refractivity contribution in [1.82, 2.24) is 24.8 Å². The summed E-state index contributed by atoms with van der Waals surface area (Å²) in [6.07, 6.45) is 6.97. The first-order valence-electron chi connectivity index (χ1n) is 9.15. The third-order valence-electron chi connectivity index (χ3n) is 4.78. The van der Waals surface area contributed by atoms with Crippen LogP contribution in [0.25, 0.3) is 5.82 Å². The van der Waals surface area contributed by atoms with E-state index < -0.39 is 0 Å². The zero-order valence-corrected chi connectivity index (χ0v) is 15.3. The van der Waals surface area contributed by atoms with Crippen molar-refractivity contribution in [2.24, 2.45) is 0 Å². The predicted octanol–water partition coefficient (Wildman–Crippen LogP) is 2.44. The van der Waals surface area contributed by atoms with E-state index in [1.165, 1.54) is 12.1 Å². The van der Waals surface area contributed by atoms with Crippen molar-refractivity contribution in [3.63, 3.8) is 0 Å². The van der Waals surface area contributed by atoms with Crippen LogP contribution in [0.15, 0.2) is 61.3 Å². The molecule has 1 aliphatic heterocycles. The number of hydrogen-bond acceptors (Lipinski definition) is 4. The fourth-order valence-electron chi connectivity index (χ4n) is 3.18. The maximum Gasteiger partial charge on any atom is 0.317 e. The second-order valence-electron chi connectivity index (χ2n) is 6.60. The van der Waals surface area contributed by atoms with Crippen molar-refractivity contribution < 1.29 is 9.18 Å². The molecule has 28 heavy (non-hydrogen) atoms. The van der Waals surface area contributed by atoms with Gasteiger partial charge < -0.3 is 15.1 Å². The van der Waals surface area contributed by atoms with E-state index >= 15 is 0 Å². The van der Waals surface area contributed by atoms with Crippen LogP contribution in [-0.2, 0) is 6.54 Å². The van der Waals surface area contributed by atoms with Crippen LogP contribution in [0.4, 0.5) is 14.9 Å². The quantitative estimate of drug-likeness (QED) is 0.755. The Hall–Kier alpha value is -3.42. The number of urea groups is 1. The van der Waals surface area contributed by atoms with E-state index in [-0.39, 0.29) is 11.8 Å². The van der Waals surface area contributed by atoms with E-state index in [9.17, 15) is 9.18 Å². The second kappa shape index (κ2) is 8.08. The molecule has 2 amide bonds. The first kappa shape index (κ1) is 18.0. The summed E-state index contributed by atoms with van der Waals surface area (Å²) in [5, 5.41) is 2.94. The number of amides is 2. The van der Waals surface area contributed by atoms with Gasteiger partial charge in [-0.05, 0) is 35.9 Å². The molecule has 1 N–H and O–H groups in total. The van der Waals surface area contributed by atoms with Gasteiger partial charge in [-0.25, -0.2) is 19.2 Å². The minimum atomic E-state index is -0.241. The van der Waals surface area contributed by atoms with Crippen LogP contribution in [0.2, 0.25) is 0 Å². The third-order valence-corrected chi connectivity index (χ3v) is 4.78. The zero-order valence-electron chi connectivity index (χ0n) is 15.3. The molecule has 1 aromatic carbocycles. The lowest BCUT2D eigenvalue weighted by Crippen LogP contribution is -2.51. The number of halogens is 1. The SMILES string of the molecule is O=C(NCc1ccc(-n2ccnc2)nc1)N1CCN(c2ccc(F)cc2)CC1. The fraction of sp³-hybridized carbons (Fsp3) is 0.250. The van der Waals surface area contributed by atoms with Gasteiger partial charge in [0, 0.05) is 57.0 Å². The summed E-state index contributed by atoms with van der Waals surface area (Å²) in [4.78, 5) is 24.8. The topological polar surface area (TPSA) is 66.3 Å². The van der Waals surface area contributed by atoms with Crippen LogP contribution in [0.3, 0.4) is 0 Å². The monoisotopic (exact) mass is 380 g/mol. The highest BCUT2D eigenvalue weighted by Gasteiger charge is 2.21. The van der Waals surface area contributed by atoms with Crippen LogP contribution in [-0.4, -0.2) is 51.6 Å². The van der Waals surface area contributed by atoms with Crippen LogP contribution < -0.4 is 10.2 Å². The molecule has 2 aromatic heterocycles. The summed E-state index contributed by atoms with van der Waals surface area (Å²) < 4.78 is 14.9. The number of carbonyl (C=O) groups excluding carboxylic acids is 1. The minimum absolute atomic E-state index is 0.0857. The molecule has 3 heterocycles. The molecule has 8 heteroatoms. The summed E-state index contributed by atoms with van der Waals surface area (Å²) in [6.45, 7) is 3.12. The van der Waals surface area contributed by atoms with Gasteiger partial charge in [-0.15, -0.1) is 0 Å². The van der Waals surface area contributed by atoms with Crippen LogP contribution in [0.5, 0.6) is 0 Å². The normalized spacial score (nSPS) is 14.2. The number of rotatable bonds is 4. The molecule has 7 nitrogen and oxygen atoms in total. The Balaban J connectivity index is 1.26. The molecule has 0 unspecified atom stereocenters. The molecule has 0 bridgehead atoms. The maximum atomic E-state index is 13.1. The predicted molar refractivity (Wildman–Crippen MR) is 104 cm³/mol. The van der Waals surface area contributed by atoms with E-state index in [1.807, 2.05) is 22.9 Å². The minimum Gasteiger partial charge on any atom is -0.368 e. The lowest BCUT2D eigenvalue weighted by Gasteiger charge is -2.36. The van der Waals surface area contributed by atoms with Crippen molar-refractivity contribution in [3.05, 3.63) is 72.7 Å². The molecular formula is C20H21FN6O. The number of imidazole rings is 1. The van der Waals surface area contributed by atoms with Gasteiger partial charge in [0.15, 0.2) is 0 Å². The maximum absolute atomic E-state index is 13.1. The van der Waals surface area contributed by atoms with Gasteiger partial charge in [0.2, 0.25) is 0 Å². The summed E-state index contributed by atoms with van der Waals surface area (Å²) >= 11 is 0. The second-order valence-corrected chi connectivity index (χ2v) is 6.60. The lowest BCUT2D eigenvalue weighted by atomic mass is 10.2. The average Bonchev–Trinajstić information content (AvgIpc) is 3.28. The van der Waals surface area contributed by atoms with Crippen molar-refractivity contribution >= 4 is 11.7 Å². The number of pyridine rings is 1. The van der Waals surface area contributed by atoms with E-state index in [2.05, 4.69) is 20.2 Å². The molecular weight excluding hydrogens is 359 g/mol. The third kappa shape index (κ3) is 4.11. The molecule has 0 atom stereocenters. The standard InChI is InChI=1S/C20H21FN6O/c21-17-2-4-18(5-3-17)25-9-11-26(12-10-25)20(28)24-14-16-1-6-19(23-13-16)27-8-7-22-15-27/h1-8,13,15H,9-12,14H2,(H,24,28). The number of nitrogens with zero attached hydrogens (tertiary/aromatic N) is 5. The molecule has 1 fully saturated rings. The van der Waals surface area contributed by atoms with E-state index in [1.54, 1.807) is 35.8 Å². The number of carbonyl (C=O) groups is 1. The first-order chi connectivity index (χ1) is 13.7. The van der Waals surface area contributed by atoms with Crippen LogP contribution in [0, 0.1) is 5.82 Å². The van der Waals surface area contributed by atoms with Crippen LogP contribution >= 0.6 is 0 Å². The average molecular weight is 380 g/mol. The molecule has 0 aliphatic carbocycles. The molecule has 3 aromatic rings. The Morgan fingerprint density at radius 1 is 1.07 bits per heavy atom. The number of nitrogens with one attached hydrogen (secondary N) is 1. The van der Waals surface area contributed by atoms with Gasteiger partial charge in [-0.1, -0.05) is 6.07 Å². The number of hydrogen-bond donors (Lipinski definition) is 1. The number of aromatic nitrogens is 3. The van der Waals surface area contributed by atoms with E-state index in [4.69, 9.17) is 0 Å². The summed E-state index contributed by atoms with van der Waals surface area (Å²) in [5.74, 6) is 0.541. The molecule has 4 rings (SSSR count). The number of piperazine rings is 1. The van der Waals surface area contributed by atoms with Crippen molar-refractivity contribution in [2.75, 3.05) is 31.1 Å². The lowest BCUT2D eigenvalue weighted by molar-refractivity contribution is 0.194. The molecule has 1 aliphatic rings. The molecule has 144 valence electrons. The Bertz CT molecular complexity index is 903. The summed E-state index contributed by atoms with van der Waals surface area (Å²) in [7, 11) is 0. The Morgan fingerprint density at radius 3 is 2.50 bits per heavy atom.